The van der Waals surface area contributed by atoms with E-state index < -0.39 is 11.7 Å². The lowest BCUT2D eigenvalue weighted by atomic mass is 10.1. The van der Waals surface area contributed by atoms with Gasteiger partial charge in [-0.15, -0.1) is 0 Å². The van der Waals surface area contributed by atoms with Crippen LogP contribution in [0.5, 0.6) is 0 Å². The van der Waals surface area contributed by atoms with E-state index in [1.54, 1.807) is 36.4 Å². The van der Waals surface area contributed by atoms with Gasteiger partial charge in [0.2, 0.25) is 0 Å². The van der Waals surface area contributed by atoms with E-state index in [-0.39, 0.29) is 18.0 Å². The van der Waals surface area contributed by atoms with Crippen molar-refractivity contribution < 1.29 is 14.4 Å². The third-order valence-corrected chi connectivity index (χ3v) is 4.68. The maximum Gasteiger partial charge on any atom is 0.299 e. The molecule has 6 heteroatoms. The van der Waals surface area contributed by atoms with Crippen LogP contribution >= 0.6 is 0 Å². The molecule has 2 N–H and O–H groups in total. The van der Waals surface area contributed by atoms with Gasteiger partial charge in [0, 0.05) is 23.3 Å². The number of nitrogens with one attached hydrogen (secondary N) is 2. The van der Waals surface area contributed by atoms with E-state index in [0.717, 1.165) is 11.3 Å². The number of amides is 2. The molecule has 3 rings (SSSR count). The monoisotopic (exact) mass is 405 g/mol. The van der Waals surface area contributed by atoms with E-state index in [1.165, 1.54) is 4.90 Å². The number of carbonyl (C=O) groups excluding carboxylic acids is 3. The Balaban J connectivity index is 1.75. The Labute approximate surface area is 177 Å². The first-order chi connectivity index (χ1) is 14.2. The number of fused-ring (bicyclic) bond motifs is 1. The van der Waals surface area contributed by atoms with Crippen LogP contribution in [0.1, 0.15) is 54.0 Å². The van der Waals surface area contributed by atoms with E-state index >= 15 is 0 Å². The number of anilines is 2. The minimum atomic E-state index is -0.537. The van der Waals surface area contributed by atoms with E-state index in [0.29, 0.717) is 23.4 Å². The van der Waals surface area contributed by atoms with Crippen LogP contribution in [-0.2, 0) is 11.3 Å². The average molecular weight is 405 g/mol. The Kier molecular flexibility index (Phi) is 6.06. The molecule has 0 saturated carbocycles. The second-order valence-corrected chi connectivity index (χ2v) is 8.30. The number of allylic oxidation sites excluding steroid dienone is 1. The van der Waals surface area contributed by atoms with Gasteiger partial charge in [-0.1, -0.05) is 24.3 Å². The summed E-state index contributed by atoms with van der Waals surface area (Å²) in [6.45, 7) is 8.63. The molecule has 30 heavy (non-hydrogen) atoms. The van der Waals surface area contributed by atoms with Crippen LogP contribution in [0.15, 0.2) is 54.6 Å². The highest BCUT2D eigenvalue weighted by molar-refractivity contribution is 6.52. The number of rotatable bonds is 6. The fourth-order valence-electron chi connectivity index (χ4n) is 3.22. The summed E-state index contributed by atoms with van der Waals surface area (Å²) >= 11 is 0. The van der Waals surface area contributed by atoms with Crippen molar-refractivity contribution in [1.82, 2.24) is 5.32 Å². The van der Waals surface area contributed by atoms with E-state index in [4.69, 9.17) is 0 Å². The zero-order chi connectivity index (χ0) is 21.9. The fraction of sp³-hybridized carbons (Fsp3) is 0.292. The highest BCUT2D eigenvalue weighted by atomic mass is 16.2. The summed E-state index contributed by atoms with van der Waals surface area (Å²) in [5.74, 6) is -1.18. The smallest absolute Gasteiger partial charge is 0.299 e. The quantitative estimate of drug-likeness (QED) is 0.564. The summed E-state index contributed by atoms with van der Waals surface area (Å²) < 4.78 is 0. The third kappa shape index (κ3) is 4.76. The largest absolute Gasteiger partial charge is 0.382 e. The standard InChI is InChI=1S/C24H27N3O3/c1-5-6-13-25-18-11-12-20-19(14-18)21(28)23(30)27(20)15-16-7-9-17(10-8-16)22(29)26-24(2,3)4/h5-12,14,25H,13,15H2,1-4H3,(H,26,29)/b6-5+. The van der Waals surface area contributed by atoms with Gasteiger partial charge in [-0.05, 0) is 63.6 Å². The minimum Gasteiger partial charge on any atom is -0.382 e. The molecule has 0 unspecified atom stereocenters. The Morgan fingerprint density at radius 1 is 1.07 bits per heavy atom. The van der Waals surface area contributed by atoms with Crippen LogP contribution in [-0.4, -0.2) is 29.7 Å². The molecule has 0 fully saturated rings. The number of hydrogen-bond acceptors (Lipinski definition) is 4. The first kappa shape index (κ1) is 21.3. The summed E-state index contributed by atoms with van der Waals surface area (Å²) in [5.41, 5.74) is 2.88. The van der Waals surface area contributed by atoms with Crippen molar-refractivity contribution in [3.8, 4) is 0 Å². The Morgan fingerprint density at radius 2 is 1.77 bits per heavy atom. The van der Waals surface area contributed by atoms with Crippen molar-refractivity contribution in [1.29, 1.82) is 0 Å². The Hall–Kier alpha value is -3.41. The third-order valence-electron chi connectivity index (χ3n) is 4.68. The normalized spacial score (nSPS) is 13.7. The average Bonchev–Trinajstić information content (AvgIpc) is 2.92. The molecule has 0 aliphatic carbocycles. The first-order valence-corrected chi connectivity index (χ1v) is 9.96. The molecule has 0 atom stereocenters. The van der Waals surface area contributed by atoms with Crippen molar-refractivity contribution in [2.24, 2.45) is 0 Å². The number of nitrogens with zero attached hydrogens (tertiary/aromatic N) is 1. The number of benzene rings is 2. The maximum absolute atomic E-state index is 12.6. The van der Waals surface area contributed by atoms with Crippen molar-refractivity contribution >= 4 is 29.0 Å². The lowest BCUT2D eigenvalue weighted by molar-refractivity contribution is -0.114. The van der Waals surface area contributed by atoms with Gasteiger partial charge in [-0.3, -0.25) is 14.4 Å². The highest BCUT2D eigenvalue weighted by Crippen LogP contribution is 2.32. The molecule has 0 spiro atoms. The zero-order valence-corrected chi connectivity index (χ0v) is 17.8. The molecule has 0 radical (unpaired) electrons. The molecular weight excluding hydrogens is 378 g/mol. The molecule has 2 aromatic carbocycles. The molecule has 2 amide bonds. The van der Waals surface area contributed by atoms with Crippen molar-refractivity contribution in [3.63, 3.8) is 0 Å². The number of Topliss-reactive ketones (excluding diaryl/α,β-unsaturated/α-hetero) is 1. The molecule has 1 aliphatic rings. The second kappa shape index (κ2) is 8.53. The van der Waals surface area contributed by atoms with Gasteiger partial charge in [0.1, 0.15) is 0 Å². The van der Waals surface area contributed by atoms with Gasteiger partial charge < -0.3 is 15.5 Å². The summed E-state index contributed by atoms with van der Waals surface area (Å²) in [4.78, 5) is 38.8. The molecule has 156 valence electrons. The predicted molar refractivity (Wildman–Crippen MR) is 119 cm³/mol. The fourth-order valence-corrected chi connectivity index (χ4v) is 3.22. The molecule has 0 bridgehead atoms. The summed E-state index contributed by atoms with van der Waals surface area (Å²) in [6, 6.07) is 12.4. The van der Waals surface area contributed by atoms with Gasteiger partial charge in [-0.25, -0.2) is 0 Å². The van der Waals surface area contributed by atoms with Crippen molar-refractivity contribution in [2.75, 3.05) is 16.8 Å². The summed E-state index contributed by atoms with van der Waals surface area (Å²) in [5, 5.41) is 6.12. The topological polar surface area (TPSA) is 78.5 Å². The molecule has 1 heterocycles. The lowest BCUT2D eigenvalue weighted by Gasteiger charge is -2.21. The Bertz CT molecular complexity index is 1000. The maximum atomic E-state index is 12.6. The molecule has 0 saturated heterocycles. The number of ketones is 1. The lowest BCUT2D eigenvalue weighted by Crippen LogP contribution is -2.40. The van der Waals surface area contributed by atoms with Crippen LogP contribution in [0.25, 0.3) is 0 Å². The van der Waals surface area contributed by atoms with Gasteiger partial charge in [0.05, 0.1) is 17.8 Å². The van der Waals surface area contributed by atoms with Crippen molar-refractivity contribution in [2.45, 2.75) is 39.8 Å². The number of hydrogen-bond donors (Lipinski definition) is 2. The summed E-state index contributed by atoms with van der Waals surface area (Å²) in [7, 11) is 0. The van der Waals surface area contributed by atoms with Crippen molar-refractivity contribution in [3.05, 3.63) is 71.3 Å². The van der Waals surface area contributed by atoms with Gasteiger partial charge in [0.25, 0.3) is 17.6 Å². The van der Waals surface area contributed by atoms with Gasteiger partial charge in [-0.2, -0.15) is 0 Å². The van der Waals surface area contributed by atoms with Gasteiger partial charge >= 0.3 is 0 Å². The van der Waals surface area contributed by atoms with E-state index in [9.17, 15) is 14.4 Å². The molecule has 2 aromatic rings. The highest BCUT2D eigenvalue weighted by Gasteiger charge is 2.35. The van der Waals surface area contributed by atoms with Crippen LogP contribution in [0, 0.1) is 0 Å². The van der Waals surface area contributed by atoms with Crippen LogP contribution in [0.4, 0.5) is 11.4 Å². The second-order valence-electron chi connectivity index (χ2n) is 8.30. The molecule has 0 aromatic heterocycles. The molecular formula is C24H27N3O3. The summed E-state index contributed by atoms with van der Waals surface area (Å²) in [6.07, 6.45) is 3.91. The zero-order valence-electron chi connectivity index (χ0n) is 17.8. The van der Waals surface area contributed by atoms with E-state index in [2.05, 4.69) is 10.6 Å². The predicted octanol–water partition coefficient (Wildman–Crippen LogP) is 3.93. The Morgan fingerprint density at radius 3 is 2.40 bits per heavy atom. The first-order valence-electron chi connectivity index (χ1n) is 9.96. The van der Waals surface area contributed by atoms with Crippen LogP contribution in [0.3, 0.4) is 0 Å². The van der Waals surface area contributed by atoms with Crippen LogP contribution < -0.4 is 15.5 Å². The van der Waals surface area contributed by atoms with Crippen LogP contribution in [0.2, 0.25) is 0 Å². The van der Waals surface area contributed by atoms with E-state index in [1.807, 2.05) is 45.9 Å². The molecule has 1 aliphatic heterocycles. The minimum absolute atomic E-state index is 0.148. The van der Waals surface area contributed by atoms with Gasteiger partial charge in [0.15, 0.2) is 0 Å². The molecule has 6 nitrogen and oxygen atoms in total. The number of carbonyl (C=O) groups is 3. The SMILES string of the molecule is C/C=C/CNc1ccc2c(c1)C(=O)C(=O)N2Cc1ccc(C(=O)NC(C)(C)C)cc1.